The number of hydrogen-bond donors (Lipinski definition) is 0. The molecule has 0 atom stereocenters. The Hall–Kier alpha value is 0.597. The summed E-state index contributed by atoms with van der Waals surface area (Å²) in [7, 11) is 0. The van der Waals surface area contributed by atoms with Gasteiger partial charge in [0.05, 0.1) is 0 Å². The van der Waals surface area contributed by atoms with Crippen molar-refractivity contribution in [3.05, 3.63) is 0 Å². The van der Waals surface area contributed by atoms with Crippen molar-refractivity contribution in [2.45, 2.75) is 40.5 Å². The van der Waals surface area contributed by atoms with Crippen LogP contribution in [-0.4, -0.2) is 0 Å². The first-order chi connectivity index (χ1) is 3.72. The molecule has 0 aromatic carbocycles. The van der Waals surface area contributed by atoms with Crippen LogP contribution in [0.25, 0.3) is 0 Å². The SMILES string of the molecule is CCC(CC)C(C)C.[H-].[Li+]. The van der Waals surface area contributed by atoms with Crippen LogP contribution in [0.2, 0.25) is 0 Å². The van der Waals surface area contributed by atoms with Gasteiger partial charge in [0.2, 0.25) is 0 Å². The van der Waals surface area contributed by atoms with E-state index in [4.69, 9.17) is 0 Å². The van der Waals surface area contributed by atoms with E-state index in [9.17, 15) is 0 Å². The number of rotatable bonds is 3. The monoisotopic (exact) mass is 122 g/mol. The molecule has 0 aromatic heterocycles. The zero-order chi connectivity index (χ0) is 6.57. The fraction of sp³-hybridized carbons (Fsp3) is 1.00. The van der Waals surface area contributed by atoms with Gasteiger partial charge in [-0.05, 0) is 11.8 Å². The molecule has 0 aromatic rings. The predicted molar refractivity (Wildman–Crippen MR) is 40.0 cm³/mol. The number of hydrogen-bond acceptors (Lipinski definition) is 0. The molecule has 0 rings (SSSR count). The van der Waals surface area contributed by atoms with Gasteiger partial charge in [0.1, 0.15) is 0 Å². The van der Waals surface area contributed by atoms with Crippen molar-refractivity contribution < 1.29 is 20.3 Å². The third kappa shape index (κ3) is 5.06. The van der Waals surface area contributed by atoms with Gasteiger partial charge in [0.15, 0.2) is 0 Å². The zero-order valence-electron chi connectivity index (χ0n) is 8.57. The quantitative estimate of drug-likeness (QED) is 0.469. The molecule has 1 heteroatoms. The summed E-state index contributed by atoms with van der Waals surface area (Å²) in [5, 5.41) is 0. The standard InChI is InChI=1S/C8H18.Li.H/c1-5-8(6-2)7(3)4;;/h7-8H,5-6H2,1-4H3;;/q;+1;-1. The summed E-state index contributed by atoms with van der Waals surface area (Å²) in [4.78, 5) is 0. The molecule has 0 aliphatic rings. The van der Waals surface area contributed by atoms with Gasteiger partial charge in [0.25, 0.3) is 0 Å². The first-order valence-electron chi connectivity index (χ1n) is 3.72. The minimum absolute atomic E-state index is 0. The van der Waals surface area contributed by atoms with Gasteiger partial charge >= 0.3 is 18.9 Å². The summed E-state index contributed by atoms with van der Waals surface area (Å²) in [5.41, 5.74) is 0. The molecular formula is C8H19Li. The summed E-state index contributed by atoms with van der Waals surface area (Å²) in [6, 6.07) is 0. The van der Waals surface area contributed by atoms with Gasteiger partial charge in [-0.2, -0.15) is 0 Å². The van der Waals surface area contributed by atoms with Crippen LogP contribution < -0.4 is 18.9 Å². The molecule has 0 nitrogen and oxygen atoms in total. The Morgan fingerprint density at radius 2 is 1.44 bits per heavy atom. The molecule has 0 spiro atoms. The van der Waals surface area contributed by atoms with E-state index in [1.807, 2.05) is 0 Å². The van der Waals surface area contributed by atoms with Crippen LogP contribution in [0.5, 0.6) is 0 Å². The molecule has 0 amide bonds. The fourth-order valence-electron chi connectivity index (χ4n) is 1.23. The van der Waals surface area contributed by atoms with Gasteiger partial charge in [-0.25, -0.2) is 0 Å². The fourth-order valence-corrected chi connectivity index (χ4v) is 1.23. The van der Waals surface area contributed by atoms with Crippen molar-refractivity contribution >= 4 is 0 Å². The molecule has 0 radical (unpaired) electrons. The van der Waals surface area contributed by atoms with Crippen LogP contribution in [0.4, 0.5) is 0 Å². The average molecular weight is 122 g/mol. The van der Waals surface area contributed by atoms with Gasteiger partial charge in [-0.1, -0.05) is 40.5 Å². The van der Waals surface area contributed by atoms with Gasteiger partial charge in [0, 0.05) is 0 Å². The van der Waals surface area contributed by atoms with Crippen LogP contribution >= 0.6 is 0 Å². The molecule has 0 unspecified atom stereocenters. The van der Waals surface area contributed by atoms with Gasteiger partial charge in [-0.3, -0.25) is 0 Å². The Balaban J connectivity index is -0.000000245. The third-order valence-electron chi connectivity index (χ3n) is 1.99. The van der Waals surface area contributed by atoms with Gasteiger partial charge < -0.3 is 1.43 Å². The maximum absolute atomic E-state index is 2.30. The van der Waals surface area contributed by atoms with Crippen molar-refractivity contribution in [2.24, 2.45) is 11.8 Å². The summed E-state index contributed by atoms with van der Waals surface area (Å²) < 4.78 is 0. The molecule has 9 heavy (non-hydrogen) atoms. The van der Waals surface area contributed by atoms with Crippen LogP contribution in [0.15, 0.2) is 0 Å². The van der Waals surface area contributed by atoms with E-state index in [2.05, 4.69) is 27.7 Å². The Morgan fingerprint density at radius 1 is 1.11 bits per heavy atom. The van der Waals surface area contributed by atoms with E-state index >= 15 is 0 Å². The Bertz CT molecular complexity index is 51.2. The molecule has 0 fully saturated rings. The molecule has 0 bridgehead atoms. The zero-order valence-corrected chi connectivity index (χ0v) is 7.57. The van der Waals surface area contributed by atoms with Crippen molar-refractivity contribution in [1.82, 2.24) is 0 Å². The van der Waals surface area contributed by atoms with Crippen LogP contribution in [0.3, 0.4) is 0 Å². The predicted octanol–water partition coefficient (Wildman–Crippen LogP) is 0.195. The summed E-state index contributed by atoms with van der Waals surface area (Å²) in [6.45, 7) is 9.15. The van der Waals surface area contributed by atoms with Crippen molar-refractivity contribution in [3.63, 3.8) is 0 Å². The van der Waals surface area contributed by atoms with Crippen LogP contribution in [0.1, 0.15) is 42.0 Å². The maximum Gasteiger partial charge on any atom is 1.00 e. The first kappa shape index (κ1) is 12.3. The molecule has 0 heterocycles. The van der Waals surface area contributed by atoms with Crippen molar-refractivity contribution in [3.8, 4) is 0 Å². The summed E-state index contributed by atoms with van der Waals surface area (Å²) in [6.07, 6.45) is 2.68. The third-order valence-corrected chi connectivity index (χ3v) is 1.99. The Kier molecular flexibility index (Phi) is 9.17. The second kappa shape index (κ2) is 6.71. The van der Waals surface area contributed by atoms with E-state index < -0.39 is 0 Å². The van der Waals surface area contributed by atoms with Crippen LogP contribution in [0, 0.1) is 11.8 Å². The molecule has 0 saturated carbocycles. The van der Waals surface area contributed by atoms with E-state index in [1.165, 1.54) is 12.8 Å². The first-order valence-corrected chi connectivity index (χ1v) is 3.72. The second-order valence-electron chi connectivity index (χ2n) is 2.82. The largest absolute Gasteiger partial charge is 1.00 e. The molecule has 0 aliphatic heterocycles. The van der Waals surface area contributed by atoms with E-state index in [-0.39, 0.29) is 20.3 Å². The average Bonchev–Trinajstić information content (AvgIpc) is 1.69. The van der Waals surface area contributed by atoms with E-state index in [0.717, 1.165) is 11.8 Å². The molecule has 0 aliphatic carbocycles. The topological polar surface area (TPSA) is 0 Å². The van der Waals surface area contributed by atoms with Gasteiger partial charge in [-0.15, -0.1) is 0 Å². The second-order valence-corrected chi connectivity index (χ2v) is 2.82. The smallest absolute Gasteiger partial charge is 1.00 e. The van der Waals surface area contributed by atoms with E-state index in [0.29, 0.717) is 0 Å². The molecule has 0 N–H and O–H groups in total. The summed E-state index contributed by atoms with van der Waals surface area (Å²) in [5.74, 6) is 1.83. The molecule has 52 valence electrons. The van der Waals surface area contributed by atoms with Crippen LogP contribution in [-0.2, 0) is 0 Å². The molecular weight excluding hydrogens is 103 g/mol. The maximum atomic E-state index is 2.30. The minimum atomic E-state index is 0. The minimum Gasteiger partial charge on any atom is -1.00 e. The molecule has 0 saturated heterocycles. The Morgan fingerprint density at radius 3 is 1.44 bits per heavy atom. The Labute approximate surface area is 73.1 Å². The van der Waals surface area contributed by atoms with E-state index in [1.54, 1.807) is 0 Å². The van der Waals surface area contributed by atoms with Crippen molar-refractivity contribution in [1.29, 1.82) is 0 Å². The van der Waals surface area contributed by atoms with Crippen molar-refractivity contribution in [2.75, 3.05) is 0 Å². The summed E-state index contributed by atoms with van der Waals surface area (Å²) >= 11 is 0. The normalized spacial score (nSPS) is 10.0.